The molecule has 0 amide bonds. The van der Waals surface area contributed by atoms with Crippen molar-refractivity contribution in [2.75, 3.05) is 25.0 Å². The second kappa shape index (κ2) is 11.3. The summed E-state index contributed by atoms with van der Waals surface area (Å²) < 4.78 is 4.87. The second-order valence-corrected chi connectivity index (χ2v) is 7.44. The lowest BCUT2D eigenvalue weighted by molar-refractivity contribution is -0.140. The zero-order chi connectivity index (χ0) is 21.4. The van der Waals surface area contributed by atoms with Crippen molar-refractivity contribution in [2.45, 2.75) is 32.4 Å². The summed E-state index contributed by atoms with van der Waals surface area (Å²) in [5.74, 6) is -0.218. The van der Waals surface area contributed by atoms with E-state index in [9.17, 15) is 15.0 Å². The Hall–Kier alpha value is -1.99. The van der Waals surface area contributed by atoms with Gasteiger partial charge in [-0.25, -0.2) is 0 Å². The summed E-state index contributed by atoms with van der Waals surface area (Å²) in [4.78, 5) is 11.5. The third kappa shape index (κ3) is 7.08. The minimum absolute atomic E-state index is 0.0130. The molecule has 0 aliphatic carbocycles. The zero-order valence-corrected chi connectivity index (χ0v) is 17.9. The number of anilines is 1. The van der Waals surface area contributed by atoms with E-state index in [-0.39, 0.29) is 24.3 Å². The van der Waals surface area contributed by atoms with Crippen LogP contribution < -0.4 is 10.6 Å². The van der Waals surface area contributed by atoms with Crippen LogP contribution in [0.1, 0.15) is 31.1 Å². The topological polar surface area (TPSA) is 90.8 Å². The number of aliphatic hydroxyl groups is 1. The average Bonchev–Trinajstić information content (AvgIpc) is 2.67. The first-order chi connectivity index (χ1) is 13.8. The van der Waals surface area contributed by atoms with Crippen LogP contribution >= 0.6 is 23.2 Å². The van der Waals surface area contributed by atoms with Gasteiger partial charge in [0.2, 0.25) is 0 Å². The molecule has 0 radical (unpaired) electrons. The smallest absolute Gasteiger partial charge is 0.325 e. The summed E-state index contributed by atoms with van der Waals surface area (Å²) in [6.45, 7) is 4.54. The molecule has 29 heavy (non-hydrogen) atoms. The predicted molar refractivity (Wildman–Crippen MR) is 116 cm³/mol. The predicted octanol–water partition coefficient (Wildman–Crippen LogP) is 3.93. The molecular formula is C21H26Cl2N2O4. The van der Waals surface area contributed by atoms with Crippen molar-refractivity contribution in [2.24, 2.45) is 0 Å². The van der Waals surface area contributed by atoms with Crippen LogP contribution in [0.15, 0.2) is 36.4 Å². The van der Waals surface area contributed by atoms with Crippen molar-refractivity contribution in [3.63, 3.8) is 0 Å². The van der Waals surface area contributed by atoms with Crippen LogP contribution in [0.5, 0.6) is 5.75 Å². The zero-order valence-electron chi connectivity index (χ0n) is 16.4. The van der Waals surface area contributed by atoms with Crippen LogP contribution in [-0.2, 0) is 16.0 Å². The molecule has 158 valence electrons. The van der Waals surface area contributed by atoms with Crippen LogP contribution in [0.4, 0.5) is 5.69 Å². The quantitative estimate of drug-likeness (QED) is 0.418. The van der Waals surface area contributed by atoms with Crippen molar-refractivity contribution in [1.82, 2.24) is 5.32 Å². The van der Waals surface area contributed by atoms with E-state index in [1.807, 2.05) is 6.92 Å². The first-order valence-electron chi connectivity index (χ1n) is 9.39. The lowest BCUT2D eigenvalue weighted by Gasteiger charge is -2.21. The maximum atomic E-state index is 11.5. The lowest BCUT2D eigenvalue weighted by atomic mass is 10.0. The number of aromatic hydroxyl groups is 1. The number of ether oxygens (including phenoxy) is 1. The minimum atomic E-state index is -0.697. The molecule has 0 aromatic heterocycles. The largest absolute Gasteiger partial charge is 0.508 e. The molecule has 0 unspecified atom stereocenters. The Kier molecular flexibility index (Phi) is 9.04. The molecule has 2 atom stereocenters. The third-order valence-electron chi connectivity index (χ3n) is 4.40. The van der Waals surface area contributed by atoms with Gasteiger partial charge in [0, 0.05) is 6.04 Å². The van der Waals surface area contributed by atoms with Crippen molar-refractivity contribution in [3.8, 4) is 5.75 Å². The molecule has 8 heteroatoms. The molecular weight excluding hydrogens is 415 g/mol. The molecule has 0 saturated heterocycles. The Morgan fingerprint density at radius 3 is 2.38 bits per heavy atom. The molecule has 6 nitrogen and oxygen atoms in total. The maximum Gasteiger partial charge on any atom is 0.325 e. The second-order valence-electron chi connectivity index (χ2n) is 6.62. The molecule has 4 N–H and O–H groups in total. The van der Waals surface area contributed by atoms with Gasteiger partial charge in [-0.05, 0) is 62.2 Å². The van der Waals surface area contributed by atoms with E-state index in [0.717, 1.165) is 11.1 Å². The Morgan fingerprint density at radius 1 is 1.17 bits per heavy atom. The van der Waals surface area contributed by atoms with Gasteiger partial charge in [-0.15, -0.1) is 0 Å². The van der Waals surface area contributed by atoms with Gasteiger partial charge in [0.15, 0.2) is 0 Å². The number of hydrogen-bond donors (Lipinski definition) is 4. The highest BCUT2D eigenvalue weighted by atomic mass is 35.5. The highest BCUT2D eigenvalue weighted by molar-refractivity contribution is 6.39. The highest BCUT2D eigenvalue weighted by Crippen LogP contribution is 2.32. The number of esters is 1. The summed E-state index contributed by atoms with van der Waals surface area (Å²) >= 11 is 12.6. The number of phenolic OH excluding ortho intramolecular Hbond substituents is 1. The van der Waals surface area contributed by atoms with Gasteiger partial charge < -0.3 is 25.6 Å². The molecule has 2 aromatic carbocycles. The Bertz CT molecular complexity index is 792. The van der Waals surface area contributed by atoms with E-state index in [0.29, 0.717) is 35.3 Å². The fraction of sp³-hybridized carbons (Fsp3) is 0.381. The number of aliphatic hydroxyl groups excluding tert-OH is 1. The first-order valence-corrected chi connectivity index (χ1v) is 10.1. The van der Waals surface area contributed by atoms with E-state index in [2.05, 4.69) is 10.6 Å². The number of carbonyl (C=O) groups is 1. The fourth-order valence-electron chi connectivity index (χ4n) is 2.83. The fourth-order valence-corrected chi connectivity index (χ4v) is 3.49. The van der Waals surface area contributed by atoms with Crippen molar-refractivity contribution in [1.29, 1.82) is 0 Å². The summed E-state index contributed by atoms with van der Waals surface area (Å²) in [6.07, 6.45) is -0.0400. The molecule has 0 aliphatic rings. The summed E-state index contributed by atoms with van der Waals surface area (Å²) in [5, 5.41) is 26.8. The molecule has 0 fully saturated rings. The van der Waals surface area contributed by atoms with Crippen molar-refractivity contribution >= 4 is 34.9 Å². The number of carbonyl (C=O) groups excluding carboxylic acids is 1. The summed E-state index contributed by atoms with van der Waals surface area (Å²) in [7, 11) is 0. The van der Waals surface area contributed by atoms with Gasteiger partial charge in [0.1, 0.15) is 12.3 Å². The molecule has 2 aromatic rings. The van der Waals surface area contributed by atoms with Gasteiger partial charge in [-0.1, -0.05) is 35.3 Å². The molecule has 0 aliphatic heterocycles. The van der Waals surface area contributed by atoms with E-state index in [1.165, 1.54) is 0 Å². The standard InChI is InChI=1S/C21H26Cl2N2O4/c1-3-29-19(27)12-25-20-17(22)10-14(11-18(20)23)8-9-24-13(2)21(28)15-4-6-16(26)7-5-15/h4-7,10-11,13,21,24-26,28H,3,8-9,12H2,1-2H3/t13-,21-/m0/s1. The molecule has 0 saturated carbocycles. The molecule has 0 spiro atoms. The van der Waals surface area contributed by atoms with Crippen LogP contribution in [0.2, 0.25) is 10.0 Å². The van der Waals surface area contributed by atoms with Gasteiger partial charge in [0.05, 0.1) is 28.4 Å². The highest BCUT2D eigenvalue weighted by Gasteiger charge is 2.16. The normalized spacial score (nSPS) is 13.0. The minimum Gasteiger partial charge on any atom is -0.508 e. The Labute approximate surface area is 180 Å². The molecule has 0 heterocycles. The monoisotopic (exact) mass is 440 g/mol. The summed E-state index contributed by atoms with van der Waals surface area (Å²) in [5.41, 5.74) is 2.15. The van der Waals surface area contributed by atoms with Crippen LogP contribution in [-0.4, -0.2) is 41.9 Å². The van der Waals surface area contributed by atoms with Crippen LogP contribution in [0.3, 0.4) is 0 Å². The number of halogens is 2. The van der Waals surface area contributed by atoms with Crippen LogP contribution in [0.25, 0.3) is 0 Å². The summed E-state index contributed by atoms with van der Waals surface area (Å²) in [6, 6.07) is 9.89. The van der Waals surface area contributed by atoms with Gasteiger partial charge >= 0.3 is 5.97 Å². The number of phenols is 1. The lowest BCUT2D eigenvalue weighted by Crippen LogP contribution is -2.33. The number of rotatable bonds is 10. The molecule has 0 bridgehead atoms. The first kappa shape index (κ1) is 23.3. The van der Waals surface area contributed by atoms with Crippen molar-refractivity contribution in [3.05, 3.63) is 57.6 Å². The molecule has 2 rings (SSSR count). The van der Waals surface area contributed by atoms with Gasteiger partial charge in [-0.2, -0.15) is 0 Å². The van der Waals surface area contributed by atoms with E-state index >= 15 is 0 Å². The SMILES string of the molecule is CCOC(=O)CNc1c(Cl)cc(CCN[C@@H](C)[C@H](O)c2ccc(O)cc2)cc1Cl. The third-order valence-corrected chi connectivity index (χ3v) is 5.00. The van der Waals surface area contributed by atoms with E-state index < -0.39 is 6.10 Å². The Morgan fingerprint density at radius 2 is 1.79 bits per heavy atom. The van der Waals surface area contributed by atoms with E-state index in [1.54, 1.807) is 43.3 Å². The number of benzene rings is 2. The number of hydrogen-bond acceptors (Lipinski definition) is 6. The van der Waals surface area contributed by atoms with Crippen molar-refractivity contribution < 1.29 is 19.7 Å². The maximum absolute atomic E-state index is 11.5. The van der Waals surface area contributed by atoms with Crippen LogP contribution in [0, 0.1) is 0 Å². The Balaban J connectivity index is 1.88. The number of nitrogens with one attached hydrogen (secondary N) is 2. The van der Waals surface area contributed by atoms with Gasteiger partial charge in [-0.3, -0.25) is 4.79 Å². The van der Waals surface area contributed by atoms with E-state index in [4.69, 9.17) is 27.9 Å². The average molecular weight is 441 g/mol. The van der Waals surface area contributed by atoms with Gasteiger partial charge in [0.25, 0.3) is 0 Å².